The van der Waals surface area contributed by atoms with Gasteiger partial charge in [-0.15, -0.1) is 0 Å². The molecule has 0 radical (unpaired) electrons. The average Bonchev–Trinajstić information content (AvgIpc) is 2.73. The summed E-state index contributed by atoms with van der Waals surface area (Å²) in [4.78, 5) is 14.4. The lowest BCUT2D eigenvalue weighted by Gasteiger charge is -2.22. The standard InChI is InChI=1S/C18H27NOS/c1-4-14(2)13-18(20)19-10-9-17(21-12-11-19)16-8-6-5-7-15(16)3/h5-8,14,17H,4,9-13H2,1-3H3. The summed E-state index contributed by atoms with van der Waals surface area (Å²) in [6.07, 6.45) is 2.86. The van der Waals surface area contributed by atoms with Gasteiger partial charge in [0.05, 0.1) is 0 Å². The van der Waals surface area contributed by atoms with Crippen LogP contribution in [0.2, 0.25) is 0 Å². The van der Waals surface area contributed by atoms with Crippen LogP contribution in [0.5, 0.6) is 0 Å². The summed E-state index contributed by atoms with van der Waals surface area (Å²) < 4.78 is 0. The molecule has 1 aliphatic heterocycles. The van der Waals surface area contributed by atoms with Crippen LogP contribution in [0, 0.1) is 12.8 Å². The molecule has 0 bridgehead atoms. The number of rotatable bonds is 4. The van der Waals surface area contributed by atoms with Gasteiger partial charge in [0.15, 0.2) is 0 Å². The fraction of sp³-hybridized carbons (Fsp3) is 0.611. The molecule has 21 heavy (non-hydrogen) atoms. The van der Waals surface area contributed by atoms with Crippen molar-refractivity contribution in [3.8, 4) is 0 Å². The Labute approximate surface area is 133 Å². The first-order chi connectivity index (χ1) is 10.1. The van der Waals surface area contributed by atoms with Crippen LogP contribution in [0.25, 0.3) is 0 Å². The van der Waals surface area contributed by atoms with Crippen LogP contribution < -0.4 is 0 Å². The molecule has 0 N–H and O–H groups in total. The predicted octanol–water partition coefficient (Wildman–Crippen LogP) is 4.44. The molecular weight excluding hydrogens is 278 g/mol. The molecule has 1 aromatic rings. The SMILES string of the molecule is CCC(C)CC(=O)N1CCSC(c2ccccc2C)CC1. The highest BCUT2D eigenvalue weighted by molar-refractivity contribution is 7.99. The number of hydrogen-bond acceptors (Lipinski definition) is 2. The van der Waals surface area contributed by atoms with Crippen LogP contribution in [0.4, 0.5) is 0 Å². The van der Waals surface area contributed by atoms with E-state index in [-0.39, 0.29) is 0 Å². The Hall–Kier alpha value is -0.960. The van der Waals surface area contributed by atoms with Gasteiger partial charge in [-0.2, -0.15) is 11.8 Å². The van der Waals surface area contributed by atoms with Crippen molar-refractivity contribution < 1.29 is 4.79 Å². The third kappa shape index (κ3) is 4.50. The van der Waals surface area contributed by atoms with Crippen molar-refractivity contribution >= 4 is 17.7 Å². The van der Waals surface area contributed by atoms with Crippen LogP contribution in [0.3, 0.4) is 0 Å². The van der Waals surface area contributed by atoms with Crippen LogP contribution in [0.15, 0.2) is 24.3 Å². The molecule has 3 heteroatoms. The minimum absolute atomic E-state index is 0.343. The Morgan fingerprint density at radius 1 is 1.38 bits per heavy atom. The Bertz CT molecular complexity index is 474. The summed E-state index contributed by atoms with van der Waals surface area (Å²) in [6, 6.07) is 8.65. The molecule has 2 rings (SSSR count). The highest BCUT2D eigenvalue weighted by Crippen LogP contribution is 2.36. The Morgan fingerprint density at radius 2 is 2.14 bits per heavy atom. The van der Waals surface area contributed by atoms with E-state index >= 15 is 0 Å². The summed E-state index contributed by atoms with van der Waals surface area (Å²) in [5.74, 6) is 1.89. The monoisotopic (exact) mass is 305 g/mol. The molecule has 116 valence electrons. The van der Waals surface area contributed by atoms with Gasteiger partial charge in [0.25, 0.3) is 0 Å². The van der Waals surface area contributed by atoms with Crippen LogP contribution >= 0.6 is 11.8 Å². The maximum Gasteiger partial charge on any atom is 0.222 e. The molecule has 0 saturated carbocycles. The van der Waals surface area contributed by atoms with Crippen LogP contribution in [-0.2, 0) is 4.79 Å². The minimum atomic E-state index is 0.343. The zero-order chi connectivity index (χ0) is 15.2. The molecule has 1 aliphatic rings. The summed E-state index contributed by atoms with van der Waals surface area (Å²) in [7, 11) is 0. The Balaban J connectivity index is 1.96. The number of hydrogen-bond donors (Lipinski definition) is 0. The summed E-state index contributed by atoms with van der Waals surface area (Å²) >= 11 is 2.00. The first-order valence-corrected chi connectivity index (χ1v) is 9.11. The number of nitrogens with zero attached hydrogens (tertiary/aromatic N) is 1. The second kappa shape index (κ2) is 7.88. The van der Waals surface area contributed by atoms with Crippen LogP contribution in [0.1, 0.15) is 49.5 Å². The fourth-order valence-electron chi connectivity index (χ4n) is 2.79. The minimum Gasteiger partial charge on any atom is -0.342 e. The number of carbonyl (C=O) groups excluding carboxylic acids is 1. The lowest BCUT2D eigenvalue weighted by Crippen LogP contribution is -2.33. The maximum atomic E-state index is 12.3. The number of benzene rings is 1. The van der Waals surface area contributed by atoms with E-state index in [2.05, 4.69) is 49.9 Å². The summed E-state index contributed by atoms with van der Waals surface area (Å²) in [5, 5.41) is 0.535. The van der Waals surface area contributed by atoms with Gasteiger partial charge in [-0.1, -0.05) is 44.5 Å². The summed E-state index contributed by atoms with van der Waals surface area (Å²) in [6.45, 7) is 8.32. The molecule has 1 aromatic carbocycles. The van der Waals surface area contributed by atoms with Crippen molar-refractivity contribution in [3.63, 3.8) is 0 Å². The van der Waals surface area contributed by atoms with E-state index in [1.807, 2.05) is 11.8 Å². The van der Waals surface area contributed by atoms with E-state index in [9.17, 15) is 4.79 Å². The predicted molar refractivity (Wildman–Crippen MR) is 91.6 cm³/mol. The van der Waals surface area contributed by atoms with Crippen molar-refractivity contribution in [3.05, 3.63) is 35.4 Å². The Morgan fingerprint density at radius 3 is 2.86 bits per heavy atom. The van der Waals surface area contributed by atoms with E-state index in [1.165, 1.54) is 11.1 Å². The molecule has 2 nitrogen and oxygen atoms in total. The van der Waals surface area contributed by atoms with Gasteiger partial charge < -0.3 is 4.90 Å². The molecule has 2 unspecified atom stereocenters. The van der Waals surface area contributed by atoms with E-state index in [0.29, 0.717) is 23.5 Å². The largest absolute Gasteiger partial charge is 0.342 e. The molecule has 2 atom stereocenters. The smallest absolute Gasteiger partial charge is 0.222 e. The highest BCUT2D eigenvalue weighted by Gasteiger charge is 2.23. The van der Waals surface area contributed by atoms with Crippen molar-refractivity contribution in [2.75, 3.05) is 18.8 Å². The van der Waals surface area contributed by atoms with Gasteiger partial charge in [0.1, 0.15) is 0 Å². The third-order valence-electron chi connectivity index (χ3n) is 4.45. The van der Waals surface area contributed by atoms with E-state index in [1.54, 1.807) is 0 Å². The Kier molecular flexibility index (Phi) is 6.16. The first kappa shape index (κ1) is 16.4. The van der Waals surface area contributed by atoms with Gasteiger partial charge in [0.2, 0.25) is 5.91 Å². The maximum absolute atomic E-state index is 12.3. The molecule has 0 aliphatic carbocycles. The summed E-state index contributed by atoms with van der Waals surface area (Å²) in [5.41, 5.74) is 2.81. The van der Waals surface area contributed by atoms with Gasteiger partial charge in [-0.05, 0) is 30.4 Å². The lowest BCUT2D eigenvalue weighted by atomic mass is 10.0. The molecular formula is C18H27NOS. The number of amides is 1. The van der Waals surface area contributed by atoms with Gasteiger partial charge in [0, 0.05) is 30.5 Å². The molecule has 0 aromatic heterocycles. The average molecular weight is 305 g/mol. The zero-order valence-electron chi connectivity index (χ0n) is 13.5. The van der Waals surface area contributed by atoms with Crippen molar-refractivity contribution in [2.24, 2.45) is 5.92 Å². The third-order valence-corrected chi connectivity index (χ3v) is 5.76. The zero-order valence-corrected chi connectivity index (χ0v) is 14.3. The second-order valence-electron chi connectivity index (χ2n) is 6.10. The molecule has 1 amide bonds. The normalized spacial score (nSPS) is 20.9. The number of thioether (sulfide) groups is 1. The van der Waals surface area contributed by atoms with E-state index < -0.39 is 0 Å². The first-order valence-electron chi connectivity index (χ1n) is 8.06. The number of carbonyl (C=O) groups is 1. The topological polar surface area (TPSA) is 20.3 Å². The quantitative estimate of drug-likeness (QED) is 0.819. The van der Waals surface area contributed by atoms with Gasteiger partial charge in [-0.25, -0.2) is 0 Å². The second-order valence-corrected chi connectivity index (χ2v) is 7.41. The van der Waals surface area contributed by atoms with Crippen LogP contribution in [-0.4, -0.2) is 29.6 Å². The van der Waals surface area contributed by atoms with E-state index in [0.717, 1.165) is 31.7 Å². The lowest BCUT2D eigenvalue weighted by molar-refractivity contribution is -0.131. The molecule has 1 fully saturated rings. The fourth-order valence-corrected chi connectivity index (χ4v) is 4.11. The van der Waals surface area contributed by atoms with Crippen molar-refractivity contribution in [1.82, 2.24) is 4.90 Å². The number of aryl methyl sites for hydroxylation is 1. The highest BCUT2D eigenvalue weighted by atomic mass is 32.2. The molecule has 1 saturated heterocycles. The van der Waals surface area contributed by atoms with Crippen molar-refractivity contribution in [1.29, 1.82) is 0 Å². The van der Waals surface area contributed by atoms with Crippen molar-refractivity contribution in [2.45, 2.75) is 45.3 Å². The molecule has 0 spiro atoms. The van der Waals surface area contributed by atoms with Gasteiger partial charge in [-0.3, -0.25) is 4.79 Å². The van der Waals surface area contributed by atoms with Gasteiger partial charge >= 0.3 is 0 Å². The van der Waals surface area contributed by atoms with E-state index in [4.69, 9.17) is 0 Å². The molecule has 1 heterocycles.